The van der Waals surface area contributed by atoms with Crippen LogP contribution in [0.3, 0.4) is 0 Å². The molecule has 0 aliphatic heterocycles. The molecule has 1 aliphatic carbocycles. The summed E-state index contributed by atoms with van der Waals surface area (Å²) in [4.78, 5) is 10.2. The van der Waals surface area contributed by atoms with Crippen LogP contribution in [0.5, 0.6) is 0 Å². The molecular weight excluding hydrogens is 144 g/mol. The zero-order valence-electron chi connectivity index (χ0n) is 6.08. The third-order valence-electron chi connectivity index (χ3n) is 1.58. The molecule has 60 valence electrons. The van der Waals surface area contributed by atoms with E-state index in [4.69, 9.17) is 5.11 Å². The number of hydrogen-bond acceptors (Lipinski definition) is 2. The summed E-state index contributed by atoms with van der Waals surface area (Å²) in [6.45, 7) is 0. The molecule has 0 radical (unpaired) electrons. The molecule has 0 aromatic rings. The fourth-order valence-electron chi connectivity index (χ4n) is 1.03. The largest absolute Gasteiger partial charge is 0.512 e. The van der Waals surface area contributed by atoms with Crippen LogP contribution in [0.2, 0.25) is 0 Å². The van der Waals surface area contributed by atoms with Crippen molar-refractivity contribution in [2.24, 2.45) is 0 Å². The molecule has 0 aromatic carbocycles. The van der Waals surface area contributed by atoms with Crippen molar-refractivity contribution in [2.75, 3.05) is 0 Å². The Morgan fingerprint density at radius 2 is 2.36 bits per heavy atom. The maximum atomic E-state index is 10.2. The number of carbonyl (C=O) groups is 1. The van der Waals surface area contributed by atoms with Crippen molar-refractivity contribution in [3.63, 3.8) is 0 Å². The van der Waals surface area contributed by atoms with E-state index in [1.54, 1.807) is 6.08 Å². The number of carboxylic acids is 1. The number of aliphatic hydroxyl groups is 1. The minimum absolute atomic E-state index is 0.0810. The van der Waals surface area contributed by atoms with Gasteiger partial charge in [-0.3, -0.25) is 4.79 Å². The maximum Gasteiger partial charge on any atom is 0.307 e. The number of allylic oxidation sites excluding steroid dienone is 3. The molecule has 0 saturated heterocycles. The standard InChI is InChI=1S/C8H10O3/c9-7-4-2-1-3-6(7)5-8(10)11/h1,3,9H,2,4-5H2,(H,10,11). The van der Waals surface area contributed by atoms with Crippen LogP contribution in [0.1, 0.15) is 19.3 Å². The normalized spacial score (nSPS) is 17.1. The third-order valence-corrected chi connectivity index (χ3v) is 1.58. The van der Waals surface area contributed by atoms with Crippen LogP contribution in [-0.2, 0) is 4.79 Å². The molecular formula is C8H10O3. The van der Waals surface area contributed by atoms with Gasteiger partial charge in [0.15, 0.2) is 0 Å². The average Bonchev–Trinajstić information content (AvgIpc) is 1.93. The minimum atomic E-state index is -0.905. The Balaban J connectivity index is 2.68. The predicted octanol–water partition coefficient (Wildman–Crippen LogP) is 1.62. The smallest absolute Gasteiger partial charge is 0.307 e. The van der Waals surface area contributed by atoms with E-state index >= 15 is 0 Å². The highest BCUT2D eigenvalue weighted by Gasteiger charge is 2.09. The molecule has 1 aliphatic rings. The van der Waals surface area contributed by atoms with E-state index < -0.39 is 5.97 Å². The van der Waals surface area contributed by atoms with E-state index in [0.29, 0.717) is 12.0 Å². The summed E-state index contributed by atoms with van der Waals surface area (Å²) in [7, 11) is 0. The summed E-state index contributed by atoms with van der Waals surface area (Å²) in [5.74, 6) is -0.687. The fraction of sp³-hybridized carbons (Fsp3) is 0.375. The highest BCUT2D eigenvalue weighted by molar-refractivity contribution is 5.71. The highest BCUT2D eigenvalue weighted by Crippen LogP contribution is 2.18. The van der Waals surface area contributed by atoms with Gasteiger partial charge in [-0.15, -0.1) is 0 Å². The highest BCUT2D eigenvalue weighted by atomic mass is 16.4. The maximum absolute atomic E-state index is 10.2. The summed E-state index contributed by atoms with van der Waals surface area (Å²) in [5, 5.41) is 17.6. The van der Waals surface area contributed by atoms with Crippen molar-refractivity contribution < 1.29 is 15.0 Å². The molecule has 0 unspecified atom stereocenters. The van der Waals surface area contributed by atoms with E-state index in [-0.39, 0.29) is 12.2 Å². The Labute approximate surface area is 64.7 Å². The fourth-order valence-corrected chi connectivity index (χ4v) is 1.03. The van der Waals surface area contributed by atoms with Gasteiger partial charge in [0, 0.05) is 12.0 Å². The number of carboxylic acid groups (broad SMARTS) is 1. The quantitative estimate of drug-likeness (QED) is 0.635. The summed E-state index contributed by atoms with van der Waals surface area (Å²) < 4.78 is 0. The van der Waals surface area contributed by atoms with Crippen molar-refractivity contribution >= 4 is 5.97 Å². The Morgan fingerprint density at radius 3 is 2.91 bits per heavy atom. The molecule has 0 amide bonds. The number of aliphatic hydroxyl groups excluding tert-OH is 1. The summed E-state index contributed by atoms with van der Waals surface area (Å²) >= 11 is 0. The first kappa shape index (κ1) is 7.85. The van der Waals surface area contributed by atoms with Crippen molar-refractivity contribution in [1.29, 1.82) is 0 Å². The SMILES string of the molecule is O=C(O)CC1=C(O)CCC=C1. The zero-order chi connectivity index (χ0) is 8.27. The zero-order valence-corrected chi connectivity index (χ0v) is 6.08. The summed E-state index contributed by atoms with van der Waals surface area (Å²) in [6, 6.07) is 0. The molecule has 0 bridgehead atoms. The van der Waals surface area contributed by atoms with E-state index in [9.17, 15) is 9.90 Å². The lowest BCUT2D eigenvalue weighted by molar-refractivity contribution is -0.136. The first-order valence-electron chi connectivity index (χ1n) is 3.49. The number of hydrogen-bond donors (Lipinski definition) is 2. The summed E-state index contributed by atoms with van der Waals surface area (Å²) in [6.07, 6.45) is 4.83. The monoisotopic (exact) mass is 154 g/mol. The van der Waals surface area contributed by atoms with Crippen LogP contribution in [-0.4, -0.2) is 16.2 Å². The first-order chi connectivity index (χ1) is 5.20. The minimum Gasteiger partial charge on any atom is -0.512 e. The van der Waals surface area contributed by atoms with Crippen LogP contribution in [0, 0.1) is 0 Å². The van der Waals surface area contributed by atoms with Gasteiger partial charge >= 0.3 is 5.97 Å². The van der Waals surface area contributed by atoms with Gasteiger partial charge in [-0.25, -0.2) is 0 Å². The van der Waals surface area contributed by atoms with E-state index in [1.807, 2.05) is 6.08 Å². The topological polar surface area (TPSA) is 57.5 Å². The Hall–Kier alpha value is -1.25. The molecule has 0 aromatic heterocycles. The molecule has 0 atom stereocenters. The number of rotatable bonds is 2. The van der Waals surface area contributed by atoms with Gasteiger partial charge in [0.05, 0.1) is 12.2 Å². The number of aliphatic carboxylic acids is 1. The van der Waals surface area contributed by atoms with Gasteiger partial charge in [0.2, 0.25) is 0 Å². The molecule has 2 N–H and O–H groups in total. The van der Waals surface area contributed by atoms with Gasteiger partial charge in [0.1, 0.15) is 0 Å². The lowest BCUT2D eigenvalue weighted by atomic mass is 10.0. The van der Waals surface area contributed by atoms with Crippen LogP contribution in [0.25, 0.3) is 0 Å². The lowest BCUT2D eigenvalue weighted by Crippen LogP contribution is -2.01. The van der Waals surface area contributed by atoms with E-state index in [0.717, 1.165) is 6.42 Å². The van der Waals surface area contributed by atoms with E-state index in [1.165, 1.54) is 0 Å². The van der Waals surface area contributed by atoms with Gasteiger partial charge in [-0.2, -0.15) is 0 Å². The second kappa shape index (κ2) is 3.23. The second-order valence-corrected chi connectivity index (χ2v) is 2.48. The molecule has 0 heterocycles. The Bertz CT molecular complexity index is 225. The van der Waals surface area contributed by atoms with Gasteiger partial charge in [0.25, 0.3) is 0 Å². The van der Waals surface area contributed by atoms with E-state index in [2.05, 4.69) is 0 Å². The first-order valence-corrected chi connectivity index (χ1v) is 3.49. The molecule has 3 nitrogen and oxygen atoms in total. The van der Waals surface area contributed by atoms with Crippen LogP contribution < -0.4 is 0 Å². The van der Waals surface area contributed by atoms with Gasteiger partial charge < -0.3 is 10.2 Å². The third kappa shape index (κ3) is 2.11. The molecule has 0 saturated carbocycles. The second-order valence-electron chi connectivity index (χ2n) is 2.48. The average molecular weight is 154 g/mol. The van der Waals surface area contributed by atoms with Crippen molar-refractivity contribution in [3.05, 3.63) is 23.5 Å². The van der Waals surface area contributed by atoms with Gasteiger partial charge in [-0.05, 0) is 6.42 Å². The van der Waals surface area contributed by atoms with Crippen LogP contribution in [0.15, 0.2) is 23.5 Å². The van der Waals surface area contributed by atoms with Crippen molar-refractivity contribution in [2.45, 2.75) is 19.3 Å². The van der Waals surface area contributed by atoms with Gasteiger partial charge in [-0.1, -0.05) is 12.2 Å². The molecule has 1 rings (SSSR count). The van der Waals surface area contributed by atoms with Crippen LogP contribution in [0.4, 0.5) is 0 Å². The van der Waals surface area contributed by atoms with Crippen molar-refractivity contribution in [1.82, 2.24) is 0 Å². The molecule has 0 fully saturated rings. The lowest BCUT2D eigenvalue weighted by Gasteiger charge is -2.07. The van der Waals surface area contributed by atoms with Crippen LogP contribution >= 0.6 is 0 Å². The summed E-state index contributed by atoms with van der Waals surface area (Å²) in [5.41, 5.74) is 0.531. The molecule has 0 spiro atoms. The molecule has 11 heavy (non-hydrogen) atoms. The van der Waals surface area contributed by atoms with Crippen molar-refractivity contribution in [3.8, 4) is 0 Å². The Morgan fingerprint density at radius 1 is 1.64 bits per heavy atom. The Kier molecular flexibility index (Phi) is 2.31. The molecule has 3 heteroatoms. The predicted molar refractivity (Wildman–Crippen MR) is 40.3 cm³/mol.